The molecule has 9 heteroatoms. The Labute approximate surface area is 136 Å². The summed E-state index contributed by atoms with van der Waals surface area (Å²) < 4.78 is 10.6. The number of rotatable bonds is 6. The average molecular weight is 371 g/mol. The number of hydrogen-bond acceptors (Lipinski definition) is 3. The SMILES string of the molecule is C=CCN=P.C=CCN=P.C=CCN=P.Cl.Cl.Cl. The third-order valence-corrected chi connectivity index (χ3v) is 1.21. The fourth-order valence-corrected chi connectivity index (χ4v) is 0.581. The van der Waals surface area contributed by atoms with Gasteiger partial charge in [-0.15, -0.1) is 57.0 Å². The topological polar surface area (TPSA) is 37.1 Å². The Morgan fingerprint density at radius 3 is 0.778 bits per heavy atom. The molecule has 0 bridgehead atoms. The maximum Gasteiger partial charge on any atom is 0.0608 e. The summed E-state index contributed by atoms with van der Waals surface area (Å²) in [5.74, 6) is 0. The van der Waals surface area contributed by atoms with Crippen molar-refractivity contribution in [2.45, 2.75) is 0 Å². The van der Waals surface area contributed by atoms with Crippen LogP contribution in [0.4, 0.5) is 0 Å². The van der Waals surface area contributed by atoms with Crippen molar-refractivity contribution in [3.8, 4) is 0 Å². The second kappa shape index (κ2) is 53.0. The van der Waals surface area contributed by atoms with Gasteiger partial charge in [-0.2, -0.15) is 0 Å². The van der Waals surface area contributed by atoms with E-state index in [1.165, 1.54) is 0 Å². The van der Waals surface area contributed by atoms with Gasteiger partial charge in [0.1, 0.15) is 0 Å². The van der Waals surface area contributed by atoms with Crippen LogP contribution in [-0.2, 0) is 0 Å². The summed E-state index contributed by atoms with van der Waals surface area (Å²) in [4.78, 5) is 0. The second-order valence-electron chi connectivity index (χ2n) is 1.89. The van der Waals surface area contributed by atoms with Crippen molar-refractivity contribution in [1.29, 1.82) is 0 Å². The molecule has 0 N–H and O–H groups in total. The summed E-state index contributed by atoms with van der Waals surface area (Å²) in [6, 6.07) is 0. The predicted molar refractivity (Wildman–Crippen MR) is 99.2 cm³/mol. The summed E-state index contributed by atoms with van der Waals surface area (Å²) in [5, 5.41) is 0. The monoisotopic (exact) mass is 369 g/mol. The molecular weight excluding hydrogens is 349 g/mol. The van der Waals surface area contributed by atoms with Crippen LogP contribution in [0.5, 0.6) is 0 Å². The lowest BCUT2D eigenvalue weighted by Gasteiger charge is -1.65. The van der Waals surface area contributed by atoms with E-state index in [0.29, 0.717) is 19.6 Å². The number of nitrogens with zero attached hydrogens (tertiary/aromatic N) is 3. The molecule has 0 unspecified atom stereocenters. The minimum atomic E-state index is 0. The zero-order chi connectivity index (χ0) is 12.4. The molecule has 0 amide bonds. The number of halogens is 3. The Balaban J connectivity index is -0.0000000277. The summed E-state index contributed by atoms with van der Waals surface area (Å²) >= 11 is 0. The molecule has 0 atom stereocenters. The lowest BCUT2D eigenvalue weighted by atomic mass is 10.7. The Morgan fingerprint density at radius 1 is 0.611 bits per heavy atom. The molecule has 108 valence electrons. The molecule has 0 heterocycles. The first-order chi connectivity index (χ1) is 7.24. The summed E-state index contributed by atoms with van der Waals surface area (Å²) in [7, 11) is 8.71. The fraction of sp³-hybridized carbons (Fsp3) is 0.333. The van der Waals surface area contributed by atoms with Crippen molar-refractivity contribution in [3.05, 3.63) is 38.0 Å². The van der Waals surface area contributed by atoms with Crippen molar-refractivity contribution in [3.63, 3.8) is 0 Å². The molecule has 0 aliphatic rings. The van der Waals surface area contributed by atoms with Crippen LogP contribution in [0, 0.1) is 0 Å². The normalized spacial score (nSPS) is 5.33. The van der Waals surface area contributed by atoms with Gasteiger partial charge in [0.2, 0.25) is 0 Å². The lowest BCUT2D eigenvalue weighted by Crippen LogP contribution is -1.56. The zero-order valence-electron chi connectivity index (χ0n) is 10.0. The minimum Gasteiger partial charge on any atom is -0.268 e. The van der Waals surface area contributed by atoms with E-state index in [4.69, 9.17) is 0 Å². The van der Waals surface area contributed by atoms with Crippen molar-refractivity contribution in [2.75, 3.05) is 19.6 Å². The van der Waals surface area contributed by atoms with E-state index in [2.05, 4.69) is 61.1 Å². The maximum atomic E-state index is 3.54. The molecule has 0 aromatic heterocycles. The Hall–Kier alpha value is 0.390. The molecule has 0 rings (SSSR count). The van der Waals surface area contributed by atoms with Gasteiger partial charge in [0.05, 0.1) is 19.6 Å². The highest BCUT2D eigenvalue weighted by Crippen LogP contribution is 1.71. The van der Waals surface area contributed by atoms with Crippen molar-refractivity contribution in [1.82, 2.24) is 0 Å². The van der Waals surface area contributed by atoms with E-state index in [9.17, 15) is 0 Å². The smallest absolute Gasteiger partial charge is 0.0608 e. The van der Waals surface area contributed by atoms with Gasteiger partial charge in [-0.05, 0) is 27.1 Å². The molecule has 0 aromatic carbocycles. The summed E-state index contributed by atoms with van der Waals surface area (Å²) in [6.45, 7) is 12.4. The van der Waals surface area contributed by atoms with Crippen LogP contribution in [-0.4, -0.2) is 19.6 Å². The highest BCUT2D eigenvalue weighted by Gasteiger charge is 1.53. The van der Waals surface area contributed by atoms with Gasteiger partial charge in [0.15, 0.2) is 0 Å². The van der Waals surface area contributed by atoms with Gasteiger partial charge >= 0.3 is 0 Å². The molecule has 0 spiro atoms. The fourth-order valence-electron chi connectivity index (χ4n) is 0.194. The van der Waals surface area contributed by atoms with Gasteiger partial charge in [0, 0.05) is 0 Å². The highest BCUT2D eigenvalue weighted by molar-refractivity contribution is 7.04. The van der Waals surface area contributed by atoms with E-state index in [1.54, 1.807) is 18.2 Å². The first-order valence-electron chi connectivity index (χ1n) is 4.07. The van der Waals surface area contributed by atoms with Gasteiger partial charge in [0.25, 0.3) is 0 Å². The highest BCUT2D eigenvalue weighted by atomic mass is 35.5. The molecule has 18 heavy (non-hydrogen) atoms. The van der Waals surface area contributed by atoms with E-state index in [1.807, 2.05) is 0 Å². The Bertz CT molecular complexity index is 153. The van der Waals surface area contributed by atoms with Crippen LogP contribution in [0.3, 0.4) is 0 Å². The second-order valence-corrected chi connectivity index (χ2v) is 2.84. The first-order valence-corrected chi connectivity index (χ1v) is 5.41. The molecule has 0 aliphatic heterocycles. The molecule has 0 saturated carbocycles. The van der Waals surface area contributed by atoms with Crippen molar-refractivity contribution >= 4 is 64.3 Å². The summed E-state index contributed by atoms with van der Waals surface area (Å²) in [6.07, 6.45) is 5.15. The van der Waals surface area contributed by atoms with E-state index in [-0.39, 0.29) is 37.2 Å². The Morgan fingerprint density at radius 2 is 0.778 bits per heavy atom. The van der Waals surface area contributed by atoms with Gasteiger partial charge in [-0.3, -0.25) is 14.2 Å². The van der Waals surface area contributed by atoms with E-state index in [0.717, 1.165) is 0 Å². The predicted octanol–water partition coefficient (Wildman–Crippen LogP) is 5.76. The molecule has 0 aromatic rings. The van der Waals surface area contributed by atoms with Crippen molar-refractivity contribution in [2.24, 2.45) is 14.2 Å². The van der Waals surface area contributed by atoms with Crippen LogP contribution >= 0.6 is 64.3 Å². The van der Waals surface area contributed by atoms with E-state index < -0.39 is 0 Å². The maximum absolute atomic E-state index is 3.54. The molecule has 0 saturated heterocycles. The zero-order valence-corrected chi connectivity index (χ0v) is 15.5. The first kappa shape index (κ1) is 36.2. The summed E-state index contributed by atoms with van der Waals surface area (Å²) in [5.41, 5.74) is 0. The van der Waals surface area contributed by atoms with Crippen LogP contribution in [0.1, 0.15) is 0 Å². The third-order valence-electron chi connectivity index (χ3n) is 0.661. The molecule has 0 radical (unpaired) electrons. The Kier molecular flexibility index (Phi) is 107. The lowest BCUT2D eigenvalue weighted by molar-refractivity contribution is 1.29. The van der Waals surface area contributed by atoms with Gasteiger partial charge in [-0.25, -0.2) is 0 Å². The van der Waals surface area contributed by atoms with Crippen LogP contribution in [0.25, 0.3) is 0 Å². The van der Waals surface area contributed by atoms with E-state index >= 15 is 0 Å². The number of hydrogen-bond donors (Lipinski definition) is 0. The molecule has 0 aliphatic carbocycles. The molecule has 0 fully saturated rings. The average Bonchev–Trinajstić information content (AvgIpc) is 2.23. The van der Waals surface area contributed by atoms with Crippen LogP contribution in [0.15, 0.2) is 52.2 Å². The van der Waals surface area contributed by atoms with Gasteiger partial charge in [-0.1, -0.05) is 18.2 Å². The standard InChI is InChI=1S/3C3H6NP.3ClH/c3*1-2-3-4-5;;;/h3*2,5H,1,3H2;3*1H. The molecular formula is C9H21Cl3N3P3. The molecule has 3 nitrogen and oxygen atoms in total. The quantitative estimate of drug-likeness (QED) is 0.421. The van der Waals surface area contributed by atoms with Crippen LogP contribution < -0.4 is 0 Å². The van der Waals surface area contributed by atoms with Crippen LogP contribution in [0.2, 0.25) is 0 Å². The largest absolute Gasteiger partial charge is 0.268 e. The minimum absolute atomic E-state index is 0. The third kappa shape index (κ3) is 95.1. The van der Waals surface area contributed by atoms with Crippen molar-refractivity contribution < 1.29 is 0 Å². The van der Waals surface area contributed by atoms with Gasteiger partial charge < -0.3 is 0 Å².